The molecule has 1 aromatic heterocycles. The minimum Gasteiger partial charge on any atom is -0.383 e. The van der Waals surface area contributed by atoms with Gasteiger partial charge >= 0.3 is 0 Å². The van der Waals surface area contributed by atoms with Gasteiger partial charge in [0.05, 0.1) is 12.6 Å². The topological polar surface area (TPSA) is 71.1 Å². The Morgan fingerprint density at radius 3 is 3.22 bits per heavy atom. The summed E-state index contributed by atoms with van der Waals surface area (Å²) in [5.74, 6) is 0.955. The minimum absolute atomic E-state index is 0.188. The van der Waals surface area contributed by atoms with Crippen molar-refractivity contribution in [3.63, 3.8) is 0 Å². The van der Waals surface area contributed by atoms with Gasteiger partial charge in [-0.05, 0) is 19.3 Å². The lowest BCUT2D eigenvalue weighted by Crippen LogP contribution is -2.46. The summed E-state index contributed by atoms with van der Waals surface area (Å²) in [4.78, 5) is 18.2. The first kappa shape index (κ1) is 13.0. The molecule has 0 unspecified atom stereocenters. The SMILES string of the molecule is COC[C@H]1CCCCN1C(=O)CCc1ncn[nH]1. The number of carbonyl (C=O) groups is 1. The normalized spacial score (nSPS) is 20.1. The van der Waals surface area contributed by atoms with Crippen molar-refractivity contribution in [3.05, 3.63) is 12.2 Å². The second-order valence-electron chi connectivity index (χ2n) is 4.62. The van der Waals surface area contributed by atoms with E-state index in [0.29, 0.717) is 19.4 Å². The lowest BCUT2D eigenvalue weighted by Gasteiger charge is -2.35. The van der Waals surface area contributed by atoms with Gasteiger partial charge in [-0.1, -0.05) is 0 Å². The van der Waals surface area contributed by atoms with Crippen LogP contribution in [0.2, 0.25) is 0 Å². The van der Waals surface area contributed by atoms with Gasteiger partial charge in [0.15, 0.2) is 0 Å². The highest BCUT2D eigenvalue weighted by molar-refractivity contribution is 5.76. The van der Waals surface area contributed by atoms with Crippen LogP contribution in [0.25, 0.3) is 0 Å². The molecule has 0 radical (unpaired) electrons. The van der Waals surface area contributed by atoms with Gasteiger partial charge in [0.25, 0.3) is 0 Å². The molecular formula is C12H20N4O2. The third-order valence-corrected chi connectivity index (χ3v) is 3.35. The molecule has 1 aliphatic heterocycles. The third-order valence-electron chi connectivity index (χ3n) is 3.35. The van der Waals surface area contributed by atoms with E-state index in [2.05, 4.69) is 15.2 Å². The van der Waals surface area contributed by atoms with Gasteiger partial charge < -0.3 is 9.64 Å². The fourth-order valence-electron chi connectivity index (χ4n) is 2.41. The maximum absolute atomic E-state index is 12.2. The van der Waals surface area contributed by atoms with Crippen LogP contribution in [-0.4, -0.2) is 52.3 Å². The van der Waals surface area contributed by atoms with Crippen molar-refractivity contribution in [1.82, 2.24) is 20.1 Å². The number of ether oxygens (including phenoxy) is 1. The van der Waals surface area contributed by atoms with E-state index < -0.39 is 0 Å². The van der Waals surface area contributed by atoms with Gasteiger partial charge in [0.1, 0.15) is 12.2 Å². The molecule has 18 heavy (non-hydrogen) atoms. The van der Waals surface area contributed by atoms with Gasteiger partial charge in [-0.25, -0.2) is 4.98 Å². The summed E-state index contributed by atoms with van der Waals surface area (Å²) in [5, 5.41) is 6.55. The van der Waals surface area contributed by atoms with Gasteiger partial charge in [-0.15, -0.1) is 0 Å². The number of aromatic amines is 1. The van der Waals surface area contributed by atoms with Crippen LogP contribution in [0.4, 0.5) is 0 Å². The second-order valence-corrected chi connectivity index (χ2v) is 4.62. The molecule has 6 nitrogen and oxygen atoms in total. The predicted molar refractivity (Wildman–Crippen MR) is 65.9 cm³/mol. The van der Waals surface area contributed by atoms with E-state index >= 15 is 0 Å². The molecule has 1 aromatic rings. The van der Waals surface area contributed by atoms with Crippen LogP contribution >= 0.6 is 0 Å². The molecule has 2 rings (SSSR count). The van der Waals surface area contributed by atoms with E-state index in [1.54, 1.807) is 7.11 Å². The van der Waals surface area contributed by atoms with Gasteiger partial charge in [0.2, 0.25) is 5.91 Å². The lowest BCUT2D eigenvalue weighted by molar-refractivity contribution is -0.136. The number of rotatable bonds is 5. The quantitative estimate of drug-likeness (QED) is 0.840. The van der Waals surface area contributed by atoms with Crippen molar-refractivity contribution >= 4 is 5.91 Å². The third kappa shape index (κ3) is 3.29. The molecule has 1 N–H and O–H groups in total. The molecular weight excluding hydrogens is 232 g/mol. The minimum atomic E-state index is 0.188. The predicted octanol–water partition coefficient (Wildman–Crippen LogP) is 0.765. The molecule has 0 aromatic carbocycles. The highest BCUT2D eigenvalue weighted by atomic mass is 16.5. The average molecular weight is 252 g/mol. The van der Waals surface area contributed by atoms with E-state index in [-0.39, 0.29) is 11.9 Å². The molecule has 1 saturated heterocycles. The Morgan fingerprint density at radius 2 is 2.50 bits per heavy atom. The highest BCUT2D eigenvalue weighted by Gasteiger charge is 2.26. The number of hydrogen-bond acceptors (Lipinski definition) is 4. The molecule has 1 fully saturated rings. The number of amides is 1. The molecule has 6 heteroatoms. The van der Waals surface area contributed by atoms with Crippen molar-refractivity contribution in [2.45, 2.75) is 38.1 Å². The zero-order chi connectivity index (χ0) is 12.8. The standard InChI is InChI=1S/C12H20N4O2/c1-18-8-10-4-2-3-7-16(10)12(17)6-5-11-13-9-14-15-11/h9-10H,2-8H2,1H3,(H,13,14,15)/t10-/m1/s1. The Hall–Kier alpha value is -1.43. The fourth-order valence-corrected chi connectivity index (χ4v) is 2.41. The van der Waals surface area contributed by atoms with E-state index in [9.17, 15) is 4.79 Å². The number of likely N-dealkylation sites (tertiary alicyclic amines) is 1. The number of piperidine rings is 1. The number of nitrogens with one attached hydrogen (secondary N) is 1. The zero-order valence-corrected chi connectivity index (χ0v) is 10.8. The monoisotopic (exact) mass is 252 g/mol. The van der Waals surface area contributed by atoms with Crippen LogP contribution in [0.3, 0.4) is 0 Å². The summed E-state index contributed by atoms with van der Waals surface area (Å²) in [6, 6.07) is 0.242. The Kier molecular flexibility index (Phi) is 4.69. The number of nitrogens with zero attached hydrogens (tertiary/aromatic N) is 3. The Morgan fingerprint density at radius 1 is 1.61 bits per heavy atom. The molecule has 100 valence electrons. The first-order valence-electron chi connectivity index (χ1n) is 6.44. The van der Waals surface area contributed by atoms with Crippen molar-refractivity contribution in [3.8, 4) is 0 Å². The molecule has 0 aliphatic carbocycles. The molecule has 1 aliphatic rings. The summed E-state index contributed by atoms with van der Waals surface area (Å²) in [6.45, 7) is 1.48. The van der Waals surface area contributed by atoms with E-state index in [4.69, 9.17) is 4.74 Å². The number of aryl methyl sites for hydroxylation is 1. The molecule has 0 saturated carbocycles. The summed E-state index contributed by atoms with van der Waals surface area (Å²) in [5.41, 5.74) is 0. The number of carbonyl (C=O) groups excluding carboxylic acids is 1. The van der Waals surface area contributed by atoms with Crippen molar-refractivity contribution in [2.75, 3.05) is 20.3 Å². The smallest absolute Gasteiger partial charge is 0.223 e. The molecule has 0 bridgehead atoms. The zero-order valence-electron chi connectivity index (χ0n) is 10.8. The van der Waals surface area contributed by atoms with Crippen LogP contribution in [0.5, 0.6) is 0 Å². The fraction of sp³-hybridized carbons (Fsp3) is 0.750. The lowest BCUT2D eigenvalue weighted by atomic mass is 10.0. The van der Waals surface area contributed by atoms with Crippen LogP contribution in [0.1, 0.15) is 31.5 Å². The second kappa shape index (κ2) is 6.49. The Bertz CT molecular complexity index is 364. The Balaban J connectivity index is 1.85. The van der Waals surface area contributed by atoms with Gasteiger partial charge in [-0.3, -0.25) is 9.89 Å². The van der Waals surface area contributed by atoms with Crippen molar-refractivity contribution in [2.24, 2.45) is 0 Å². The number of aromatic nitrogens is 3. The van der Waals surface area contributed by atoms with E-state index in [1.165, 1.54) is 12.7 Å². The Labute approximate surface area is 107 Å². The van der Waals surface area contributed by atoms with Crippen LogP contribution < -0.4 is 0 Å². The average Bonchev–Trinajstić information content (AvgIpc) is 2.90. The summed E-state index contributed by atoms with van der Waals surface area (Å²) in [6.07, 6.45) is 5.88. The van der Waals surface area contributed by atoms with Crippen LogP contribution in [0, 0.1) is 0 Å². The molecule has 2 heterocycles. The van der Waals surface area contributed by atoms with Crippen molar-refractivity contribution < 1.29 is 9.53 Å². The molecule has 0 spiro atoms. The number of hydrogen-bond donors (Lipinski definition) is 1. The maximum Gasteiger partial charge on any atom is 0.223 e. The number of methoxy groups -OCH3 is 1. The van der Waals surface area contributed by atoms with Crippen LogP contribution in [-0.2, 0) is 16.0 Å². The first-order chi connectivity index (χ1) is 8.81. The molecule has 1 amide bonds. The number of H-pyrrole nitrogens is 1. The van der Waals surface area contributed by atoms with Gasteiger partial charge in [-0.2, -0.15) is 5.10 Å². The van der Waals surface area contributed by atoms with E-state index in [1.807, 2.05) is 4.90 Å². The first-order valence-corrected chi connectivity index (χ1v) is 6.44. The summed E-state index contributed by atoms with van der Waals surface area (Å²) in [7, 11) is 1.69. The largest absolute Gasteiger partial charge is 0.383 e. The molecule has 1 atom stereocenters. The van der Waals surface area contributed by atoms with Gasteiger partial charge in [0, 0.05) is 26.5 Å². The van der Waals surface area contributed by atoms with E-state index in [0.717, 1.165) is 25.2 Å². The highest BCUT2D eigenvalue weighted by Crippen LogP contribution is 2.18. The maximum atomic E-state index is 12.2. The van der Waals surface area contributed by atoms with Crippen LogP contribution in [0.15, 0.2) is 6.33 Å². The van der Waals surface area contributed by atoms with Crippen molar-refractivity contribution in [1.29, 1.82) is 0 Å². The summed E-state index contributed by atoms with van der Waals surface area (Å²) < 4.78 is 5.19. The summed E-state index contributed by atoms with van der Waals surface area (Å²) >= 11 is 0.